The van der Waals surface area contributed by atoms with Crippen LogP contribution < -0.4 is 16.5 Å². The van der Waals surface area contributed by atoms with Crippen molar-refractivity contribution in [2.45, 2.75) is 13.3 Å². The fourth-order valence-electron chi connectivity index (χ4n) is 2.65. The van der Waals surface area contributed by atoms with E-state index in [0.29, 0.717) is 0 Å². The van der Waals surface area contributed by atoms with Crippen molar-refractivity contribution in [1.29, 1.82) is 0 Å². The number of anilines is 1. The predicted molar refractivity (Wildman–Crippen MR) is 120 cm³/mol. The molecule has 2 aromatic rings. The molecule has 2 aromatic heterocycles. The minimum Gasteiger partial charge on any atom is -0.369 e. The van der Waals surface area contributed by atoms with Gasteiger partial charge in [0.1, 0.15) is 28.9 Å². The Kier molecular flexibility index (Phi) is 8.11. The van der Waals surface area contributed by atoms with Crippen LogP contribution in [0.25, 0.3) is 17.2 Å². The molecule has 0 radical (unpaired) electrons. The average Bonchev–Trinajstić information content (AvgIpc) is 2.71. The zero-order valence-electron chi connectivity index (χ0n) is 17.2. The molecule has 2 heterocycles. The second-order valence-electron chi connectivity index (χ2n) is 6.46. The van der Waals surface area contributed by atoms with E-state index >= 15 is 0 Å². The summed E-state index contributed by atoms with van der Waals surface area (Å²) in [5.74, 6) is -3.06. The molecule has 0 aliphatic carbocycles. The summed E-state index contributed by atoms with van der Waals surface area (Å²) >= 11 is 0. The highest BCUT2D eigenvalue weighted by molar-refractivity contribution is 5.82. The highest BCUT2D eigenvalue weighted by Crippen LogP contribution is 2.21. The number of nitrogens with one attached hydrogen (secondary N) is 1. The molecule has 0 aromatic carbocycles. The number of hydrogen-bond acceptors (Lipinski definition) is 4. The smallest absolute Gasteiger partial charge is 0.223 e. The van der Waals surface area contributed by atoms with Gasteiger partial charge in [-0.25, -0.2) is 18.2 Å². The van der Waals surface area contributed by atoms with E-state index in [9.17, 15) is 22.8 Å². The molecule has 0 fully saturated rings. The molecule has 3 N–H and O–H groups in total. The lowest BCUT2D eigenvalue weighted by Crippen LogP contribution is -2.18. The lowest BCUT2D eigenvalue weighted by molar-refractivity contribution is -0.117. The summed E-state index contributed by atoms with van der Waals surface area (Å²) in [5.41, 5.74) is 4.31. The third-order valence-electron chi connectivity index (χ3n) is 4.03. The summed E-state index contributed by atoms with van der Waals surface area (Å²) in [5, 5.41) is 2.65. The molecule has 166 valence electrons. The number of hydrogen-bond donors (Lipinski definition) is 2. The van der Waals surface area contributed by atoms with Crippen molar-refractivity contribution in [3.8, 4) is 0 Å². The van der Waals surface area contributed by atoms with Gasteiger partial charge in [-0.3, -0.25) is 14.2 Å². The number of carbonyl (C=O) groups is 1. The van der Waals surface area contributed by atoms with Crippen LogP contribution >= 0.6 is 0 Å². The minimum absolute atomic E-state index is 0.0501. The van der Waals surface area contributed by atoms with E-state index in [1.54, 1.807) is 13.0 Å². The Morgan fingerprint density at radius 3 is 2.66 bits per heavy atom. The van der Waals surface area contributed by atoms with E-state index in [4.69, 9.17) is 5.73 Å². The molecule has 6 nitrogen and oxygen atoms in total. The molecular weight excluding hydrogens is 421 g/mol. The number of rotatable bonds is 9. The van der Waals surface area contributed by atoms with E-state index < -0.39 is 35.2 Å². The lowest BCUT2D eigenvalue weighted by Gasteiger charge is -2.15. The molecule has 1 amide bonds. The maximum absolute atomic E-state index is 14.4. The molecule has 0 bridgehead atoms. The van der Waals surface area contributed by atoms with Crippen LogP contribution in [0.1, 0.15) is 12.6 Å². The fourth-order valence-corrected chi connectivity index (χ4v) is 2.65. The van der Waals surface area contributed by atoms with Gasteiger partial charge in [-0.15, -0.1) is 0 Å². The summed E-state index contributed by atoms with van der Waals surface area (Å²) in [6, 6.07) is 2.03. The van der Waals surface area contributed by atoms with Gasteiger partial charge in [0.05, 0.1) is 17.5 Å². The number of halogens is 3. The molecule has 2 rings (SSSR count). The molecule has 9 heteroatoms. The van der Waals surface area contributed by atoms with Crippen molar-refractivity contribution in [3.63, 3.8) is 0 Å². The van der Waals surface area contributed by atoms with Gasteiger partial charge in [-0.05, 0) is 37.3 Å². The largest absolute Gasteiger partial charge is 0.369 e. The molecule has 32 heavy (non-hydrogen) atoms. The van der Waals surface area contributed by atoms with Crippen molar-refractivity contribution >= 4 is 29.0 Å². The second-order valence-corrected chi connectivity index (χ2v) is 6.46. The standard InChI is InChI=1S/C23H21F3N4O2/c1-4-6-7-15(25)8-9-30-22(28-16(5-2)10-14(3)24)13-20(31)17-11-18(26)19(12-21(27)32)29-23(17)30/h4-11,13,28H,2-3,12H2,1H3,(H2,27,32)/b6-4-,9-8+,15-7+,16-10+. The Morgan fingerprint density at radius 2 is 2.06 bits per heavy atom. The van der Waals surface area contributed by atoms with Crippen LogP contribution in [0.4, 0.5) is 19.0 Å². The first-order chi connectivity index (χ1) is 15.2. The van der Waals surface area contributed by atoms with E-state index in [1.807, 2.05) is 0 Å². The highest BCUT2D eigenvalue weighted by atomic mass is 19.1. The third kappa shape index (κ3) is 6.18. The monoisotopic (exact) mass is 442 g/mol. The van der Waals surface area contributed by atoms with Crippen LogP contribution in [0, 0.1) is 5.82 Å². The van der Waals surface area contributed by atoms with Crippen molar-refractivity contribution in [2.24, 2.45) is 5.73 Å². The van der Waals surface area contributed by atoms with Gasteiger partial charge < -0.3 is 11.1 Å². The number of fused-ring (bicyclic) bond motifs is 1. The van der Waals surface area contributed by atoms with Gasteiger partial charge in [0.15, 0.2) is 5.43 Å². The first-order valence-electron chi connectivity index (χ1n) is 9.31. The van der Waals surface area contributed by atoms with Crippen LogP contribution in [-0.4, -0.2) is 15.5 Å². The van der Waals surface area contributed by atoms with Crippen LogP contribution in [0.15, 0.2) is 83.9 Å². The highest BCUT2D eigenvalue weighted by Gasteiger charge is 2.16. The lowest BCUT2D eigenvalue weighted by atomic mass is 10.2. The number of aromatic nitrogens is 2. The van der Waals surface area contributed by atoms with Crippen LogP contribution in [-0.2, 0) is 11.2 Å². The summed E-state index contributed by atoms with van der Waals surface area (Å²) in [6.07, 6.45) is 8.42. The molecule has 0 aliphatic heterocycles. The van der Waals surface area contributed by atoms with Gasteiger partial charge in [0.25, 0.3) is 0 Å². The Morgan fingerprint density at radius 1 is 1.34 bits per heavy atom. The molecule has 0 saturated heterocycles. The Balaban J connectivity index is 2.83. The third-order valence-corrected chi connectivity index (χ3v) is 4.03. The SMILES string of the molecule is C=C/C(=C\C(=C)F)Nc1cc(=O)c2cc(F)c(CC(N)=O)nc2n1/C=C/C(F)=C\C=C/C. The molecule has 0 spiro atoms. The summed E-state index contributed by atoms with van der Waals surface area (Å²) in [7, 11) is 0. The topological polar surface area (TPSA) is 90.0 Å². The average molecular weight is 442 g/mol. The van der Waals surface area contributed by atoms with Gasteiger partial charge in [0.2, 0.25) is 5.91 Å². The van der Waals surface area contributed by atoms with E-state index in [0.717, 1.165) is 24.3 Å². The zero-order valence-corrected chi connectivity index (χ0v) is 17.2. The van der Waals surface area contributed by atoms with Crippen molar-refractivity contribution in [3.05, 3.63) is 101 Å². The maximum Gasteiger partial charge on any atom is 0.223 e. The summed E-state index contributed by atoms with van der Waals surface area (Å²) in [4.78, 5) is 27.9. The number of allylic oxidation sites excluding steroid dienone is 8. The fraction of sp³-hybridized carbons (Fsp3) is 0.0870. The summed E-state index contributed by atoms with van der Waals surface area (Å²) in [6.45, 7) is 8.40. The number of carbonyl (C=O) groups excluding carboxylic acids is 1. The predicted octanol–water partition coefficient (Wildman–Crippen LogP) is 4.43. The Bertz CT molecular complexity index is 1250. The molecular formula is C23H21F3N4O2. The van der Waals surface area contributed by atoms with Crippen molar-refractivity contribution in [1.82, 2.24) is 9.55 Å². The second kappa shape index (κ2) is 10.8. The maximum atomic E-state index is 14.4. The first-order valence-corrected chi connectivity index (χ1v) is 9.31. The molecule has 0 atom stereocenters. The Hall–Kier alpha value is -4.14. The quantitative estimate of drug-likeness (QED) is 0.563. The van der Waals surface area contributed by atoms with Crippen molar-refractivity contribution < 1.29 is 18.0 Å². The van der Waals surface area contributed by atoms with E-state index in [-0.39, 0.29) is 28.2 Å². The van der Waals surface area contributed by atoms with E-state index in [1.165, 1.54) is 29.0 Å². The van der Waals surface area contributed by atoms with Crippen molar-refractivity contribution in [2.75, 3.05) is 5.32 Å². The zero-order chi connectivity index (χ0) is 23.8. The number of amides is 1. The van der Waals surface area contributed by atoms with Crippen LogP contribution in [0.3, 0.4) is 0 Å². The molecule has 0 aliphatic rings. The molecule has 0 saturated carbocycles. The van der Waals surface area contributed by atoms with Gasteiger partial charge in [-0.1, -0.05) is 25.3 Å². The van der Waals surface area contributed by atoms with Gasteiger partial charge >= 0.3 is 0 Å². The number of primary amides is 1. The van der Waals surface area contributed by atoms with E-state index in [2.05, 4.69) is 23.5 Å². The van der Waals surface area contributed by atoms with Gasteiger partial charge in [-0.2, -0.15) is 0 Å². The molecule has 0 unspecified atom stereocenters. The van der Waals surface area contributed by atoms with Crippen LogP contribution in [0.5, 0.6) is 0 Å². The minimum atomic E-state index is -0.885. The van der Waals surface area contributed by atoms with Gasteiger partial charge in [0, 0.05) is 18.0 Å². The summed E-state index contributed by atoms with van der Waals surface area (Å²) < 4.78 is 43.0. The number of nitrogens with zero attached hydrogens (tertiary/aromatic N) is 2. The van der Waals surface area contributed by atoms with Crippen LogP contribution in [0.2, 0.25) is 0 Å². The number of nitrogens with two attached hydrogens (primary N) is 1. The normalized spacial score (nSPS) is 12.6. The Labute approximate surface area is 182 Å². The first kappa shape index (κ1) is 24.1. The number of pyridine rings is 2.